The van der Waals surface area contributed by atoms with Crippen molar-refractivity contribution in [2.45, 2.75) is 65.2 Å². The minimum atomic E-state index is 1.02. The molecule has 0 aromatic carbocycles. The van der Waals surface area contributed by atoms with Gasteiger partial charge in [0.05, 0.1) is 0 Å². The van der Waals surface area contributed by atoms with Crippen LogP contribution in [0.4, 0.5) is 0 Å². The Balaban J connectivity index is 1.79. The smallest absolute Gasteiger partial charge is 0.0329 e. The van der Waals surface area contributed by atoms with E-state index in [0.717, 1.165) is 35.5 Å². The normalized spacial score (nSPS) is 52.9. The highest BCUT2D eigenvalue weighted by molar-refractivity contribution is 4.94. The van der Waals surface area contributed by atoms with E-state index in [4.69, 9.17) is 0 Å². The molecule has 0 spiro atoms. The van der Waals surface area contributed by atoms with Gasteiger partial charge in [0.15, 0.2) is 0 Å². The van der Waals surface area contributed by atoms with E-state index in [0.29, 0.717) is 0 Å². The predicted molar refractivity (Wildman–Crippen MR) is 69.2 cm³/mol. The molecular formula is C16H28. The molecule has 3 fully saturated rings. The van der Waals surface area contributed by atoms with E-state index in [2.05, 4.69) is 13.8 Å². The highest BCUT2D eigenvalue weighted by atomic mass is 14.5. The summed E-state index contributed by atoms with van der Waals surface area (Å²) in [4.78, 5) is 0. The first kappa shape index (κ1) is 11.1. The minimum Gasteiger partial charge on any atom is -0.0625 e. The Morgan fingerprint density at radius 3 is 2.38 bits per heavy atom. The fourth-order valence-electron chi connectivity index (χ4n) is 5.41. The molecule has 6 atom stereocenters. The van der Waals surface area contributed by atoms with Gasteiger partial charge in [-0.3, -0.25) is 0 Å². The SMILES string of the molecule is CC1CCC2CCC3CCCC(C)C3C2C1. The van der Waals surface area contributed by atoms with Crippen LogP contribution in [-0.4, -0.2) is 0 Å². The predicted octanol–water partition coefficient (Wildman–Crippen LogP) is 4.89. The molecule has 0 bridgehead atoms. The lowest BCUT2D eigenvalue weighted by Crippen LogP contribution is -2.43. The summed E-state index contributed by atoms with van der Waals surface area (Å²) in [5.41, 5.74) is 0. The van der Waals surface area contributed by atoms with Crippen molar-refractivity contribution in [3.05, 3.63) is 0 Å². The monoisotopic (exact) mass is 220 g/mol. The number of hydrogen-bond acceptors (Lipinski definition) is 0. The fourth-order valence-corrected chi connectivity index (χ4v) is 5.41. The van der Waals surface area contributed by atoms with Gasteiger partial charge in [-0.25, -0.2) is 0 Å². The van der Waals surface area contributed by atoms with E-state index in [-0.39, 0.29) is 0 Å². The van der Waals surface area contributed by atoms with Crippen LogP contribution in [-0.2, 0) is 0 Å². The second-order valence-electron chi connectivity index (χ2n) is 7.17. The van der Waals surface area contributed by atoms with Gasteiger partial charge in [-0.2, -0.15) is 0 Å². The lowest BCUT2D eigenvalue weighted by Gasteiger charge is -2.51. The second-order valence-corrected chi connectivity index (χ2v) is 7.17. The van der Waals surface area contributed by atoms with Gasteiger partial charge in [-0.1, -0.05) is 39.5 Å². The molecule has 16 heavy (non-hydrogen) atoms. The van der Waals surface area contributed by atoms with Crippen molar-refractivity contribution in [2.75, 3.05) is 0 Å². The maximum absolute atomic E-state index is 2.55. The van der Waals surface area contributed by atoms with Crippen molar-refractivity contribution in [2.24, 2.45) is 35.5 Å². The standard InChI is InChI=1S/C16H28/c1-11-6-7-13-8-9-14-5-3-4-12(2)16(14)15(13)10-11/h11-16H,3-10H2,1-2H3. The zero-order chi connectivity index (χ0) is 11.1. The first-order valence-electron chi connectivity index (χ1n) is 7.75. The van der Waals surface area contributed by atoms with E-state index in [1.54, 1.807) is 32.1 Å². The van der Waals surface area contributed by atoms with Crippen LogP contribution >= 0.6 is 0 Å². The Morgan fingerprint density at radius 2 is 1.50 bits per heavy atom. The molecule has 0 nitrogen and oxygen atoms in total. The molecule has 0 aromatic rings. The molecule has 0 N–H and O–H groups in total. The van der Waals surface area contributed by atoms with E-state index in [1.165, 1.54) is 19.3 Å². The maximum Gasteiger partial charge on any atom is -0.0329 e. The molecule has 0 heterocycles. The molecule has 0 amide bonds. The van der Waals surface area contributed by atoms with Crippen LogP contribution in [0.25, 0.3) is 0 Å². The summed E-state index contributed by atoms with van der Waals surface area (Å²) < 4.78 is 0. The van der Waals surface area contributed by atoms with E-state index in [9.17, 15) is 0 Å². The molecule has 0 radical (unpaired) electrons. The molecule has 0 saturated heterocycles. The molecule has 0 heteroatoms. The second kappa shape index (κ2) is 4.35. The van der Waals surface area contributed by atoms with Gasteiger partial charge in [0.25, 0.3) is 0 Å². The first-order chi connectivity index (χ1) is 7.75. The lowest BCUT2D eigenvalue weighted by molar-refractivity contribution is -0.0167. The Labute approximate surface area is 101 Å². The Hall–Kier alpha value is 0. The highest BCUT2D eigenvalue weighted by Crippen LogP contribution is 2.54. The lowest BCUT2D eigenvalue weighted by atomic mass is 9.54. The number of hydrogen-bond donors (Lipinski definition) is 0. The van der Waals surface area contributed by atoms with Crippen molar-refractivity contribution < 1.29 is 0 Å². The molecule has 0 aromatic heterocycles. The van der Waals surface area contributed by atoms with E-state index < -0.39 is 0 Å². The molecule has 3 aliphatic carbocycles. The third-order valence-electron chi connectivity index (χ3n) is 6.15. The Kier molecular flexibility index (Phi) is 3.02. The molecule has 3 saturated carbocycles. The molecular weight excluding hydrogens is 192 g/mol. The van der Waals surface area contributed by atoms with Crippen LogP contribution in [0.2, 0.25) is 0 Å². The summed E-state index contributed by atoms with van der Waals surface area (Å²) in [6.45, 7) is 5.05. The van der Waals surface area contributed by atoms with Crippen molar-refractivity contribution in [1.29, 1.82) is 0 Å². The van der Waals surface area contributed by atoms with Gasteiger partial charge in [-0.05, 0) is 61.2 Å². The summed E-state index contributed by atoms with van der Waals surface area (Å²) in [7, 11) is 0. The van der Waals surface area contributed by atoms with Gasteiger partial charge in [0.2, 0.25) is 0 Å². The quantitative estimate of drug-likeness (QED) is 0.545. The largest absolute Gasteiger partial charge is 0.0625 e. The topological polar surface area (TPSA) is 0 Å². The average Bonchev–Trinajstić information content (AvgIpc) is 2.28. The number of fused-ring (bicyclic) bond motifs is 3. The minimum absolute atomic E-state index is 1.02. The summed E-state index contributed by atoms with van der Waals surface area (Å²) in [6, 6.07) is 0. The van der Waals surface area contributed by atoms with Crippen LogP contribution in [0.1, 0.15) is 65.2 Å². The van der Waals surface area contributed by atoms with Crippen molar-refractivity contribution in [1.82, 2.24) is 0 Å². The first-order valence-corrected chi connectivity index (χ1v) is 7.75. The summed E-state index contributed by atoms with van der Waals surface area (Å²) >= 11 is 0. The van der Waals surface area contributed by atoms with Crippen LogP contribution in [0.15, 0.2) is 0 Å². The fraction of sp³-hybridized carbons (Fsp3) is 1.00. The van der Waals surface area contributed by atoms with Gasteiger partial charge in [0.1, 0.15) is 0 Å². The summed E-state index contributed by atoms with van der Waals surface area (Å²) in [5, 5.41) is 0. The zero-order valence-corrected chi connectivity index (χ0v) is 11.1. The number of rotatable bonds is 0. The van der Waals surface area contributed by atoms with Gasteiger partial charge in [0, 0.05) is 0 Å². The van der Waals surface area contributed by atoms with Gasteiger partial charge in [-0.15, -0.1) is 0 Å². The molecule has 6 unspecified atom stereocenters. The summed E-state index contributed by atoms with van der Waals surface area (Å²) in [5.74, 6) is 6.55. The van der Waals surface area contributed by atoms with Crippen molar-refractivity contribution in [3.8, 4) is 0 Å². The van der Waals surface area contributed by atoms with Gasteiger partial charge >= 0.3 is 0 Å². The Morgan fingerprint density at radius 1 is 0.750 bits per heavy atom. The molecule has 3 rings (SSSR count). The van der Waals surface area contributed by atoms with Crippen LogP contribution in [0.5, 0.6) is 0 Å². The zero-order valence-electron chi connectivity index (χ0n) is 11.1. The van der Waals surface area contributed by atoms with Crippen LogP contribution in [0, 0.1) is 35.5 Å². The Bertz CT molecular complexity index is 244. The summed E-state index contributed by atoms with van der Waals surface area (Å²) in [6.07, 6.45) is 12.4. The molecule has 0 aliphatic heterocycles. The maximum atomic E-state index is 2.55. The average molecular weight is 220 g/mol. The third-order valence-corrected chi connectivity index (χ3v) is 6.15. The van der Waals surface area contributed by atoms with Crippen molar-refractivity contribution >= 4 is 0 Å². The molecule has 92 valence electrons. The highest BCUT2D eigenvalue weighted by Gasteiger charge is 2.44. The van der Waals surface area contributed by atoms with E-state index >= 15 is 0 Å². The van der Waals surface area contributed by atoms with Crippen LogP contribution < -0.4 is 0 Å². The van der Waals surface area contributed by atoms with Crippen LogP contribution in [0.3, 0.4) is 0 Å². The third kappa shape index (κ3) is 1.83. The van der Waals surface area contributed by atoms with Gasteiger partial charge < -0.3 is 0 Å². The van der Waals surface area contributed by atoms with Crippen molar-refractivity contribution in [3.63, 3.8) is 0 Å². The molecule has 3 aliphatic rings. The van der Waals surface area contributed by atoms with E-state index in [1.807, 2.05) is 0 Å².